The van der Waals surface area contributed by atoms with Crippen LogP contribution in [0.15, 0.2) is 53.6 Å². The van der Waals surface area contributed by atoms with Crippen LogP contribution < -0.4 is 5.73 Å². The van der Waals surface area contributed by atoms with E-state index in [2.05, 4.69) is 5.10 Å². The van der Waals surface area contributed by atoms with Gasteiger partial charge in [0.2, 0.25) is 0 Å². The number of carbonyl (C=O) groups excluding carboxylic acids is 1. The summed E-state index contributed by atoms with van der Waals surface area (Å²) in [5.74, 6) is -0.302. The summed E-state index contributed by atoms with van der Waals surface area (Å²) in [5.41, 5.74) is 9.08. The van der Waals surface area contributed by atoms with E-state index in [1.165, 1.54) is 17.1 Å². The Morgan fingerprint density at radius 2 is 1.82 bits per heavy atom. The largest absolute Gasteiger partial charge is 0.350 e. The van der Waals surface area contributed by atoms with Crippen molar-refractivity contribution < 1.29 is 9.18 Å². The van der Waals surface area contributed by atoms with Gasteiger partial charge in [0, 0.05) is 6.42 Å². The van der Waals surface area contributed by atoms with Crippen molar-refractivity contribution in [1.82, 2.24) is 5.01 Å². The minimum Gasteiger partial charge on any atom is -0.350 e. The Labute approximate surface area is 128 Å². The van der Waals surface area contributed by atoms with E-state index in [4.69, 9.17) is 5.73 Å². The Bertz CT molecular complexity index is 723. The molecule has 0 unspecified atom stereocenters. The highest BCUT2D eigenvalue weighted by atomic mass is 19.1. The van der Waals surface area contributed by atoms with E-state index in [0.29, 0.717) is 6.42 Å². The van der Waals surface area contributed by atoms with Crippen LogP contribution in [0, 0.1) is 12.7 Å². The Morgan fingerprint density at radius 3 is 2.41 bits per heavy atom. The third-order valence-corrected chi connectivity index (χ3v) is 3.78. The van der Waals surface area contributed by atoms with E-state index in [0.717, 1.165) is 22.4 Å². The summed E-state index contributed by atoms with van der Waals surface area (Å²) < 4.78 is 13.0. The average molecular weight is 297 g/mol. The van der Waals surface area contributed by atoms with Gasteiger partial charge < -0.3 is 5.73 Å². The molecule has 1 aliphatic rings. The molecule has 3 rings (SSSR count). The van der Waals surface area contributed by atoms with Crippen molar-refractivity contribution in [3.63, 3.8) is 0 Å². The lowest BCUT2D eigenvalue weighted by Crippen LogP contribution is -2.31. The first-order valence-corrected chi connectivity index (χ1v) is 7.03. The molecule has 2 aromatic rings. The molecule has 1 atom stereocenters. The van der Waals surface area contributed by atoms with Gasteiger partial charge >= 0.3 is 6.03 Å². The summed E-state index contributed by atoms with van der Waals surface area (Å²) in [6, 6.07) is 13.2. The first kappa shape index (κ1) is 14.3. The minimum absolute atomic E-state index is 0.224. The molecule has 112 valence electrons. The predicted molar refractivity (Wildman–Crippen MR) is 82.9 cm³/mol. The lowest BCUT2D eigenvalue weighted by atomic mass is 9.98. The molecular formula is C17H16FN3O. The van der Waals surface area contributed by atoms with Gasteiger partial charge in [0.25, 0.3) is 0 Å². The molecule has 0 spiro atoms. The van der Waals surface area contributed by atoms with Crippen LogP contribution in [0.5, 0.6) is 0 Å². The van der Waals surface area contributed by atoms with Crippen molar-refractivity contribution in [2.24, 2.45) is 10.8 Å². The Kier molecular flexibility index (Phi) is 3.63. The molecule has 1 heterocycles. The van der Waals surface area contributed by atoms with Gasteiger partial charge in [0.05, 0.1) is 11.8 Å². The summed E-state index contributed by atoms with van der Waals surface area (Å²) in [6.45, 7) is 2.00. The van der Waals surface area contributed by atoms with Crippen LogP contribution in [0.1, 0.15) is 29.2 Å². The molecule has 5 heteroatoms. The van der Waals surface area contributed by atoms with Crippen molar-refractivity contribution in [3.05, 3.63) is 71.0 Å². The van der Waals surface area contributed by atoms with Gasteiger partial charge in [-0.15, -0.1) is 0 Å². The number of aryl methyl sites for hydroxylation is 1. The van der Waals surface area contributed by atoms with Gasteiger partial charge in [-0.05, 0) is 30.2 Å². The second kappa shape index (κ2) is 5.60. The third kappa shape index (κ3) is 2.70. The highest BCUT2D eigenvalue weighted by Crippen LogP contribution is 2.32. The minimum atomic E-state index is -0.595. The van der Waals surface area contributed by atoms with E-state index in [-0.39, 0.29) is 11.9 Å². The molecule has 22 heavy (non-hydrogen) atoms. The first-order valence-electron chi connectivity index (χ1n) is 7.03. The summed E-state index contributed by atoms with van der Waals surface area (Å²) in [7, 11) is 0. The van der Waals surface area contributed by atoms with Crippen molar-refractivity contribution >= 4 is 11.7 Å². The number of hydrogen-bond acceptors (Lipinski definition) is 2. The van der Waals surface area contributed by atoms with Crippen LogP contribution in [0.3, 0.4) is 0 Å². The lowest BCUT2D eigenvalue weighted by Gasteiger charge is -2.19. The van der Waals surface area contributed by atoms with Gasteiger partial charge in [-0.3, -0.25) is 0 Å². The smallest absolute Gasteiger partial charge is 0.335 e. The number of amides is 2. The molecule has 0 saturated carbocycles. The number of rotatable bonds is 2. The summed E-state index contributed by atoms with van der Waals surface area (Å²) >= 11 is 0. The second-order valence-corrected chi connectivity index (χ2v) is 5.37. The number of urea groups is 1. The number of hydrazone groups is 1. The number of halogens is 1. The standard InChI is InChI=1S/C17H16FN3O/c1-11-2-4-13(5-3-11)16-10-15(20-21(16)17(19)22)12-6-8-14(18)9-7-12/h2-9,16H,10H2,1H3,(H2,19,22)/t16-/m1/s1. The first-order chi connectivity index (χ1) is 10.5. The SMILES string of the molecule is Cc1ccc([C@H]2CC(c3ccc(F)cc3)=NN2C(N)=O)cc1. The molecule has 0 aromatic heterocycles. The van der Waals surface area contributed by atoms with Crippen molar-refractivity contribution in [2.45, 2.75) is 19.4 Å². The number of nitrogens with two attached hydrogens (primary N) is 1. The number of carbonyl (C=O) groups is 1. The van der Waals surface area contributed by atoms with Crippen LogP contribution >= 0.6 is 0 Å². The summed E-state index contributed by atoms with van der Waals surface area (Å²) in [5, 5.41) is 5.62. The fourth-order valence-electron chi connectivity index (χ4n) is 2.58. The van der Waals surface area contributed by atoms with E-state index in [1.807, 2.05) is 31.2 Å². The molecule has 2 N–H and O–H groups in total. The quantitative estimate of drug-likeness (QED) is 0.907. The Hall–Kier alpha value is -2.69. The van der Waals surface area contributed by atoms with E-state index < -0.39 is 6.03 Å². The molecule has 2 amide bonds. The molecule has 0 aliphatic carbocycles. The zero-order chi connectivity index (χ0) is 15.7. The zero-order valence-corrected chi connectivity index (χ0v) is 12.2. The number of primary amides is 1. The van der Waals surface area contributed by atoms with Crippen molar-refractivity contribution in [1.29, 1.82) is 0 Å². The van der Waals surface area contributed by atoms with Crippen LogP contribution in [-0.2, 0) is 0 Å². The monoisotopic (exact) mass is 297 g/mol. The molecule has 0 bridgehead atoms. The van der Waals surface area contributed by atoms with E-state index in [1.54, 1.807) is 12.1 Å². The molecule has 2 aromatic carbocycles. The molecule has 0 fully saturated rings. The van der Waals surface area contributed by atoms with E-state index in [9.17, 15) is 9.18 Å². The van der Waals surface area contributed by atoms with Crippen LogP contribution in [0.25, 0.3) is 0 Å². The summed E-state index contributed by atoms with van der Waals surface area (Å²) in [6.07, 6.45) is 0.553. The predicted octanol–water partition coefficient (Wildman–Crippen LogP) is 3.36. The zero-order valence-electron chi connectivity index (χ0n) is 12.2. The maximum Gasteiger partial charge on any atom is 0.335 e. The number of benzene rings is 2. The lowest BCUT2D eigenvalue weighted by molar-refractivity contribution is 0.196. The van der Waals surface area contributed by atoms with Crippen LogP contribution in [0.4, 0.5) is 9.18 Å². The van der Waals surface area contributed by atoms with Gasteiger partial charge in [-0.2, -0.15) is 5.10 Å². The third-order valence-electron chi connectivity index (χ3n) is 3.78. The fourth-order valence-corrected chi connectivity index (χ4v) is 2.58. The van der Waals surface area contributed by atoms with Crippen molar-refractivity contribution in [3.8, 4) is 0 Å². The molecule has 1 aliphatic heterocycles. The highest BCUT2D eigenvalue weighted by Gasteiger charge is 2.31. The average Bonchev–Trinajstić information content (AvgIpc) is 2.94. The molecule has 0 saturated heterocycles. The van der Waals surface area contributed by atoms with Crippen molar-refractivity contribution in [2.75, 3.05) is 0 Å². The normalized spacial score (nSPS) is 17.5. The molecular weight excluding hydrogens is 281 g/mol. The topological polar surface area (TPSA) is 58.7 Å². The number of nitrogens with zero attached hydrogens (tertiary/aromatic N) is 2. The van der Waals surface area contributed by atoms with Gasteiger partial charge in [0.15, 0.2) is 0 Å². The Balaban J connectivity index is 1.92. The maximum absolute atomic E-state index is 13.0. The maximum atomic E-state index is 13.0. The highest BCUT2D eigenvalue weighted by molar-refractivity contribution is 6.03. The van der Waals surface area contributed by atoms with Gasteiger partial charge in [-0.25, -0.2) is 14.2 Å². The van der Waals surface area contributed by atoms with E-state index >= 15 is 0 Å². The van der Waals surface area contributed by atoms with Crippen LogP contribution in [-0.4, -0.2) is 16.8 Å². The molecule has 0 radical (unpaired) electrons. The fraction of sp³-hybridized carbons (Fsp3) is 0.176. The van der Waals surface area contributed by atoms with Gasteiger partial charge in [0.1, 0.15) is 5.82 Å². The van der Waals surface area contributed by atoms with Crippen LogP contribution in [0.2, 0.25) is 0 Å². The molecule has 4 nitrogen and oxygen atoms in total. The Morgan fingerprint density at radius 1 is 1.18 bits per heavy atom. The second-order valence-electron chi connectivity index (χ2n) is 5.37. The van der Waals surface area contributed by atoms with Gasteiger partial charge in [-0.1, -0.05) is 42.0 Å². The summed E-state index contributed by atoms with van der Waals surface area (Å²) in [4.78, 5) is 11.7. The number of hydrogen-bond donors (Lipinski definition) is 1.